The third kappa shape index (κ3) is 3.26. The van der Waals surface area contributed by atoms with Crippen molar-refractivity contribution in [2.75, 3.05) is 5.32 Å². The van der Waals surface area contributed by atoms with E-state index in [9.17, 15) is 14.9 Å². The largest absolute Gasteiger partial charge is 0.321 e. The van der Waals surface area contributed by atoms with Crippen LogP contribution in [0, 0.1) is 30.9 Å². The average molecular weight is 319 g/mol. The van der Waals surface area contributed by atoms with Crippen LogP contribution in [-0.4, -0.2) is 10.8 Å². The van der Waals surface area contributed by atoms with E-state index >= 15 is 0 Å². The maximum Gasteiger partial charge on any atom is 0.283 e. The Morgan fingerprint density at radius 1 is 1.14 bits per heavy atom. The summed E-state index contributed by atoms with van der Waals surface area (Å²) in [7, 11) is 0. The SMILES string of the molecule is Cc1cc(C)c(NC(=O)c2ccc(Cl)cc2[N+](=O)[O-])c(C)c1. The Hall–Kier alpha value is -2.40. The quantitative estimate of drug-likeness (QED) is 0.672. The molecule has 0 aliphatic heterocycles. The molecule has 0 heterocycles. The number of amides is 1. The molecule has 22 heavy (non-hydrogen) atoms. The average Bonchev–Trinajstić information content (AvgIpc) is 2.42. The van der Waals surface area contributed by atoms with E-state index in [1.54, 1.807) is 0 Å². The molecule has 6 heteroatoms. The van der Waals surface area contributed by atoms with Crippen molar-refractivity contribution < 1.29 is 9.72 Å². The van der Waals surface area contributed by atoms with Gasteiger partial charge in [0.05, 0.1) is 4.92 Å². The summed E-state index contributed by atoms with van der Waals surface area (Å²) in [6, 6.07) is 7.87. The van der Waals surface area contributed by atoms with Crippen LogP contribution in [0.15, 0.2) is 30.3 Å². The van der Waals surface area contributed by atoms with Crippen molar-refractivity contribution in [2.45, 2.75) is 20.8 Å². The minimum absolute atomic E-state index is 0.0197. The maximum atomic E-state index is 12.4. The molecule has 2 rings (SSSR count). The number of hydrogen-bond donors (Lipinski definition) is 1. The van der Waals surface area contributed by atoms with Crippen molar-refractivity contribution in [2.24, 2.45) is 0 Å². The van der Waals surface area contributed by atoms with Crippen molar-refractivity contribution in [3.05, 3.63) is 67.7 Å². The Labute approximate surface area is 133 Å². The van der Waals surface area contributed by atoms with Gasteiger partial charge in [0, 0.05) is 16.8 Å². The second-order valence-corrected chi connectivity index (χ2v) is 5.58. The zero-order chi connectivity index (χ0) is 16.4. The van der Waals surface area contributed by atoms with E-state index in [0.717, 1.165) is 16.7 Å². The summed E-state index contributed by atoms with van der Waals surface area (Å²) in [6.45, 7) is 5.73. The third-order valence-corrected chi connectivity index (χ3v) is 3.55. The molecule has 0 aliphatic carbocycles. The molecule has 0 radical (unpaired) electrons. The van der Waals surface area contributed by atoms with Crippen molar-refractivity contribution in [1.82, 2.24) is 0 Å². The fraction of sp³-hybridized carbons (Fsp3) is 0.188. The number of halogens is 1. The van der Waals surface area contributed by atoms with Crippen LogP contribution < -0.4 is 5.32 Å². The van der Waals surface area contributed by atoms with Crippen molar-refractivity contribution >= 4 is 28.9 Å². The lowest BCUT2D eigenvalue weighted by molar-refractivity contribution is -0.385. The molecular formula is C16H15ClN2O3. The van der Waals surface area contributed by atoms with Gasteiger partial charge in [0.25, 0.3) is 11.6 Å². The number of carbonyl (C=O) groups excluding carboxylic acids is 1. The molecule has 0 saturated carbocycles. The highest BCUT2D eigenvalue weighted by molar-refractivity contribution is 6.31. The number of nitro groups is 1. The zero-order valence-corrected chi connectivity index (χ0v) is 13.2. The first kappa shape index (κ1) is 16.0. The van der Waals surface area contributed by atoms with Gasteiger partial charge in [-0.05, 0) is 44.0 Å². The summed E-state index contributed by atoms with van der Waals surface area (Å²) >= 11 is 5.76. The number of carbonyl (C=O) groups is 1. The van der Waals surface area contributed by atoms with Crippen molar-refractivity contribution in [3.63, 3.8) is 0 Å². The number of nitrogens with one attached hydrogen (secondary N) is 1. The van der Waals surface area contributed by atoms with Gasteiger partial charge in [0.1, 0.15) is 5.56 Å². The zero-order valence-electron chi connectivity index (χ0n) is 12.4. The minimum atomic E-state index is -0.615. The number of aryl methyl sites for hydroxylation is 3. The first-order chi connectivity index (χ1) is 10.3. The number of hydrogen-bond acceptors (Lipinski definition) is 3. The highest BCUT2D eigenvalue weighted by Crippen LogP contribution is 2.26. The van der Waals surface area contributed by atoms with Crippen LogP contribution >= 0.6 is 11.6 Å². The van der Waals surface area contributed by atoms with E-state index in [1.807, 2.05) is 32.9 Å². The van der Waals surface area contributed by atoms with Gasteiger partial charge in [-0.1, -0.05) is 29.3 Å². The lowest BCUT2D eigenvalue weighted by Crippen LogP contribution is -2.15. The molecular weight excluding hydrogens is 304 g/mol. The first-order valence-corrected chi connectivity index (χ1v) is 7.00. The van der Waals surface area contributed by atoms with Gasteiger partial charge in [-0.15, -0.1) is 0 Å². The molecule has 0 spiro atoms. The van der Waals surface area contributed by atoms with Crippen LogP contribution in [-0.2, 0) is 0 Å². The first-order valence-electron chi connectivity index (χ1n) is 6.62. The number of rotatable bonds is 3. The van der Waals surface area contributed by atoms with E-state index in [1.165, 1.54) is 18.2 Å². The summed E-state index contributed by atoms with van der Waals surface area (Å²) in [5.41, 5.74) is 3.23. The van der Waals surface area contributed by atoms with Crippen LogP contribution in [0.5, 0.6) is 0 Å². The Kier molecular flexibility index (Phi) is 4.47. The molecule has 2 aromatic rings. The van der Waals surface area contributed by atoms with Gasteiger partial charge < -0.3 is 5.32 Å². The highest BCUT2D eigenvalue weighted by atomic mass is 35.5. The number of nitro benzene ring substituents is 1. The van der Waals surface area contributed by atoms with Crippen molar-refractivity contribution in [3.8, 4) is 0 Å². The topological polar surface area (TPSA) is 72.2 Å². The Morgan fingerprint density at radius 2 is 1.73 bits per heavy atom. The smallest absolute Gasteiger partial charge is 0.283 e. The summed E-state index contributed by atoms with van der Waals surface area (Å²) in [4.78, 5) is 22.8. The molecule has 2 aromatic carbocycles. The van der Waals surface area contributed by atoms with Crippen LogP contribution in [0.3, 0.4) is 0 Å². The fourth-order valence-electron chi connectivity index (χ4n) is 2.41. The van der Waals surface area contributed by atoms with E-state index in [0.29, 0.717) is 5.69 Å². The number of benzene rings is 2. The molecule has 114 valence electrons. The van der Waals surface area contributed by atoms with Gasteiger partial charge in [0.15, 0.2) is 0 Å². The predicted octanol–water partition coefficient (Wildman–Crippen LogP) is 4.43. The highest BCUT2D eigenvalue weighted by Gasteiger charge is 2.21. The van der Waals surface area contributed by atoms with E-state index in [-0.39, 0.29) is 16.3 Å². The molecule has 0 bridgehead atoms. The van der Waals surface area contributed by atoms with Gasteiger partial charge in [0.2, 0.25) is 0 Å². The molecule has 0 aliphatic rings. The molecule has 1 N–H and O–H groups in total. The van der Waals surface area contributed by atoms with Gasteiger partial charge in [-0.3, -0.25) is 14.9 Å². The molecule has 0 fully saturated rings. The summed E-state index contributed by atoms with van der Waals surface area (Å²) in [5.74, 6) is -0.529. The number of anilines is 1. The summed E-state index contributed by atoms with van der Waals surface area (Å²) in [5, 5.41) is 14.0. The standard InChI is InChI=1S/C16H15ClN2O3/c1-9-6-10(2)15(11(3)7-9)18-16(20)13-5-4-12(17)8-14(13)19(21)22/h4-8H,1-3H3,(H,18,20). The van der Waals surface area contributed by atoms with Crippen LogP contribution in [0.1, 0.15) is 27.0 Å². The molecule has 0 unspecified atom stereocenters. The third-order valence-electron chi connectivity index (χ3n) is 3.32. The van der Waals surface area contributed by atoms with Crippen LogP contribution in [0.2, 0.25) is 5.02 Å². The monoisotopic (exact) mass is 318 g/mol. The van der Waals surface area contributed by atoms with Gasteiger partial charge in [-0.25, -0.2) is 0 Å². The normalized spacial score (nSPS) is 10.4. The van der Waals surface area contributed by atoms with Gasteiger partial charge in [-0.2, -0.15) is 0 Å². The molecule has 5 nitrogen and oxygen atoms in total. The molecule has 1 amide bonds. The van der Waals surface area contributed by atoms with Gasteiger partial charge >= 0.3 is 0 Å². The van der Waals surface area contributed by atoms with Crippen LogP contribution in [0.25, 0.3) is 0 Å². The lowest BCUT2D eigenvalue weighted by Gasteiger charge is -2.13. The second kappa shape index (κ2) is 6.15. The lowest BCUT2D eigenvalue weighted by atomic mass is 10.0. The Morgan fingerprint density at radius 3 is 2.27 bits per heavy atom. The maximum absolute atomic E-state index is 12.4. The molecule has 0 atom stereocenters. The molecule has 0 saturated heterocycles. The Balaban J connectivity index is 2.41. The number of nitrogens with zero attached hydrogens (tertiary/aromatic N) is 1. The van der Waals surface area contributed by atoms with E-state index in [4.69, 9.17) is 11.6 Å². The molecule has 0 aromatic heterocycles. The summed E-state index contributed by atoms with van der Waals surface area (Å²) < 4.78 is 0. The summed E-state index contributed by atoms with van der Waals surface area (Å²) in [6.07, 6.45) is 0. The van der Waals surface area contributed by atoms with Crippen molar-refractivity contribution in [1.29, 1.82) is 0 Å². The van der Waals surface area contributed by atoms with E-state index < -0.39 is 10.8 Å². The van der Waals surface area contributed by atoms with Crippen LogP contribution in [0.4, 0.5) is 11.4 Å². The predicted molar refractivity (Wildman–Crippen MR) is 86.7 cm³/mol. The Bertz CT molecular complexity index is 749. The fourth-order valence-corrected chi connectivity index (χ4v) is 2.57. The second-order valence-electron chi connectivity index (χ2n) is 5.15. The van der Waals surface area contributed by atoms with E-state index in [2.05, 4.69) is 5.32 Å². The minimum Gasteiger partial charge on any atom is -0.321 e.